The minimum absolute atomic E-state index is 0.0760. The fourth-order valence-corrected chi connectivity index (χ4v) is 2.20. The smallest absolute Gasteiger partial charge is 0.254 e. The summed E-state index contributed by atoms with van der Waals surface area (Å²) in [4.78, 5) is 14.0. The van der Waals surface area contributed by atoms with Crippen LogP contribution < -0.4 is 5.32 Å². The van der Waals surface area contributed by atoms with Gasteiger partial charge in [-0.1, -0.05) is 11.6 Å². The summed E-state index contributed by atoms with van der Waals surface area (Å²) in [6.45, 7) is 5.21. The molecular formula is C12H15ClN2O. The highest BCUT2D eigenvalue weighted by Gasteiger charge is 2.18. The van der Waals surface area contributed by atoms with Crippen molar-refractivity contribution < 1.29 is 4.79 Å². The Bertz CT molecular complexity index is 380. The van der Waals surface area contributed by atoms with Crippen LogP contribution in [0.3, 0.4) is 0 Å². The summed E-state index contributed by atoms with van der Waals surface area (Å²) in [5.74, 6) is 0.0760. The van der Waals surface area contributed by atoms with Crippen LogP contribution in [-0.2, 0) is 0 Å². The largest absolute Gasteiger partial charge is 0.336 e. The van der Waals surface area contributed by atoms with Crippen molar-refractivity contribution in [3.63, 3.8) is 0 Å². The van der Waals surface area contributed by atoms with E-state index in [0.29, 0.717) is 10.6 Å². The quantitative estimate of drug-likeness (QED) is 0.808. The van der Waals surface area contributed by atoms with Gasteiger partial charge in [0.05, 0.1) is 0 Å². The lowest BCUT2D eigenvalue weighted by molar-refractivity contribution is 0.0735. The minimum atomic E-state index is 0.0760. The molecule has 0 atom stereocenters. The summed E-state index contributed by atoms with van der Waals surface area (Å²) in [6, 6.07) is 5.48. The standard InChI is InChI=1S/C12H15ClN2O/c1-9-6-10(8-11(13)7-9)12(16)15-4-2-14-3-5-15/h6-8,14H,2-5H2,1H3. The first-order chi connectivity index (χ1) is 7.66. The van der Waals surface area contributed by atoms with Gasteiger partial charge in [0, 0.05) is 36.8 Å². The van der Waals surface area contributed by atoms with E-state index in [2.05, 4.69) is 5.32 Å². The molecule has 1 N–H and O–H groups in total. The maximum atomic E-state index is 12.1. The van der Waals surface area contributed by atoms with Crippen LogP contribution >= 0.6 is 11.6 Å². The summed E-state index contributed by atoms with van der Waals surface area (Å²) < 4.78 is 0. The molecule has 0 saturated carbocycles. The van der Waals surface area contributed by atoms with Crippen molar-refractivity contribution in [2.45, 2.75) is 6.92 Å². The SMILES string of the molecule is Cc1cc(Cl)cc(C(=O)N2CCNCC2)c1. The van der Waals surface area contributed by atoms with Crippen LogP contribution in [0.1, 0.15) is 15.9 Å². The molecule has 16 heavy (non-hydrogen) atoms. The van der Waals surface area contributed by atoms with Gasteiger partial charge in [-0.05, 0) is 30.7 Å². The van der Waals surface area contributed by atoms with E-state index in [-0.39, 0.29) is 5.91 Å². The number of aryl methyl sites for hydroxylation is 1. The molecule has 1 aromatic rings. The molecule has 4 heteroatoms. The monoisotopic (exact) mass is 238 g/mol. The number of nitrogens with zero attached hydrogens (tertiary/aromatic N) is 1. The second-order valence-electron chi connectivity index (χ2n) is 4.06. The van der Waals surface area contributed by atoms with Gasteiger partial charge < -0.3 is 10.2 Å². The summed E-state index contributed by atoms with van der Waals surface area (Å²) in [6.07, 6.45) is 0. The normalized spacial score (nSPS) is 16.2. The molecule has 0 aromatic heterocycles. The molecule has 2 rings (SSSR count). The Labute approximate surface area is 100 Å². The Morgan fingerprint density at radius 3 is 2.62 bits per heavy atom. The molecule has 0 unspecified atom stereocenters. The van der Waals surface area contributed by atoms with Gasteiger partial charge in [-0.25, -0.2) is 0 Å². The molecule has 1 amide bonds. The van der Waals surface area contributed by atoms with E-state index in [4.69, 9.17) is 11.6 Å². The summed E-state index contributed by atoms with van der Waals surface area (Å²) in [5.41, 5.74) is 1.71. The van der Waals surface area contributed by atoms with Crippen molar-refractivity contribution in [2.24, 2.45) is 0 Å². The van der Waals surface area contributed by atoms with Crippen molar-refractivity contribution >= 4 is 17.5 Å². The van der Waals surface area contributed by atoms with Crippen molar-refractivity contribution in [3.8, 4) is 0 Å². The third kappa shape index (κ3) is 2.54. The van der Waals surface area contributed by atoms with Crippen molar-refractivity contribution in [1.82, 2.24) is 10.2 Å². The number of hydrogen-bond acceptors (Lipinski definition) is 2. The predicted molar refractivity (Wildman–Crippen MR) is 65.0 cm³/mol. The van der Waals surface area contributed by atoms with Gasteiger partial charge in [0.1, 0.15) is 0 Å². The van der Waals surface area contributed by atoms with Crippen LogP contribution in [0.4, 0.5) is 0 Å². The number of hydrogen-bond donors (Lipinski definition) is 1. The lowest BCUT2D eigenvalue weighted by atomic mass is 10.1. The Morgan fingerprint density at radius 2 is 2.00 bits per heavy atom. The van der Waals surface area contributed by atoms with Crippen LogP contribution in [0, 0.1) is 6.92 Å². The zero-order valence-electron chi connectivity index (χ0n) is 9.29. The Balaban J connectivity index is 2.19. The van der Waals surface area contributed by atoms with E-state index in [1.165, 1.54) is 0 Å². The van der Waals surface area contributed by atoms with Gasteiger partial charge in [-0.2, -0.15) is 0 Å². The first-order valence-electron chi connectivity index (χ1n) is 5.44. The van der Waals surface area contributed by atoms with Crippen molar-refractivity contribution in [2.75, 3.05) is 26.2 Å². The average Bonchev–Trinajstić information content (AvgIpc) is 2.28. The first-order valence-corrected chi connectivity index (χ1v) is 5.82. The molecule has 1 aromatic carbocycles. The number of halogens is 1. The number of rotatable bonds is 1. The number of carbonyl (C=O) groups is 1. The van der Waals surface area contributed by atoms with Crippen molar-refractivity contribution in [1.29, 1.82) is 0 Å². The number of carbonyl (C=O) groups excluding carboxylic acids is 1. The van der Waals surface area contributed by atoms with Crippen LogP contribution in [0.5, 0.6) is 0 Å². The van der Waals surface area contributed by atoms with Gasteiger partial charge in [0.2, 0.25) is 0 Å². The number of benzene rings is 1. The minimum Gasteiger partial charge on any atom is -0.336 e. The van der Waals surface area contributed by atoms with Gasteiger partial charge >= 0.3 is 0 Å². The molecule has 0 bridgehead atoms. The Hall–Kier alpha value is -1.06. The third-order valence-corrected chi connectivity index (χ3v) is 2.91. The number of amides is 1. The predicted octanol–water partition coefficient (Wildman–Crippen LogP) is 1.69. The number of nitrogens with one attached hydrogen (secondary N) is 1. The fourth-order valence-electron chi connectivity index (χ4n) is 1.91. The zero-order valence-corrected chi connectivity index (χ0v) is 10.0. The highest BCUT2D eigenvalue weighted by Crippen LogP contribution is 2.16. The Morgan fingerprint density at radius 1 is 1.31 bits per heavy atom. The molecule has 0 spiro atoms. The topological polar surface area (TPSA) is 32.3 Å². The first kappa shape index (κ1) is 11.4. The van der Waals surface area contributed by atoms with Crippen LogP contribution in [0.2, 0.25) is 5.02 Å². The second-order valence-corrected chi connectivity index (χ2v) is 4.50. The van der Waals surface area contributed by atoms with Crippen LogP contribution in [0.25, 0.3) is 0 Å². The van der Waals surface area contributed by atoms with E-state index < -0.39 is 0 Å². The third-order valence-electron chi connectivity index (χ3n) is 2.69. The van der Waals surface area contributed by atoms with E-state index in [1.54, 1.807) is 6.07 Å². The zero-order chi connectivity index (χ0) is 11.5. The maximum absolute atomic E-state index is 12.1. The lowest BCUT2D eigenvalue weighted by Gasteiger charge is -2.27. The Kier molecular flexibility index (Phi) is 3.46. The van der Waals surface area contributed by atoms with Crippen LogP contribution in [-0.4, -0.2) is 37.0 Å². The summed E-state index contributed by atoms with van der Waals surface area (Å²) in [5, 5.41) is 3.85. The molecule has 1 saturated heterocycles. The second kappa shape index (κ2) is 4.85. The number of piperazine rings is 1. The van der Waals surface area contributed by atoms with Gasteiger partial charge in [0.15, 0.2) is 0 Å². The van der Waals surface area contributed by atoms with E-state index >= 15 is 0 Å². The summed E-state index contributed by atoms with van der Waals surface area (Å²) in [7, 11) is 0. The molecule has 86 valence electrons. The van der Waals surface area contributed by atoms with Gasteiger partial charge in [-0.3, -0.25) is 4.79 Å². The molecule has 1 fully saturated rings. The average molecular weight is 239 g/mol. The van der Waals surface area contributed by atoms with Gasteiger partial charge in [0.25, 0.3) is 5.91 Å². The molecule has 0 radical (unpaired) electrons. The lowest BCUT2D eigenvalue weighted by Crippen LogP contribution is -2.46. The van der Waals surface area contributed by atoms with E-state index in [9.17, 15) is 4.79 Å². The molecule has 0 aliphatic carbocycles. The summed E-state index contributed by atoms with van der Waals surface area (Å²) >= 11 is 5.95. The maximum Gasteiger partial charge on any atom is 0.254 e. The molecule has 1 aliphatic rings. The fraction of sp³-hybridized carbons (Fsp3) is 0.417. The van der Waals surface area contributed by atoms with Crippen molar-refractivity contribution in [3.05, 3.63) is 34.3 Å². The molecule has 1 aliphatic heterocycles. The van der Waals surface area contributed by atoms with E-state index in [1.807, 2.05) is 24.0 Å². The van der Waals surface area contributed by atoms with Gasteiger partial charge in [-0.15, -0.1) is 0 Å². The highest BCUT2D eigenvalue weighted by molar-refractivity contribution is 6.31. The molecule has 1 heterocycles. The highest BCUT2D eigenvalue weighted by atomic mass is 35.5. The van der Waals surface area contributed by atoms with E-state index in [0.717, 1.165) is 31.7 Å². The molecule has 3 nitrogen and oxygen atoms in total. The molecular weight excluding hydrogens is 224 g/mol. The van der Waals surface area contributed by atoms with Crippen LogP contribution in [0.15, 0.2) is 18.2 Å².